The van der Waals surface area contributed by atoms with E-state index in [9.17, 15) is 4.79 Å². The minimum absolute atomic E-state index is 0.0483. The number of hydrogen-bond donors (Lipinski definition) is 1. The van der Waals surface area contributed by atoms with Gasteiger partial charge >= 0.3 is 5.97 Å². The molecule has 84 valence electrons. The molecular weight excluding hydrogens is 194 g/mol. The Morgan fingerprint density at radius 2 is 2.33 bits per heavy atom. The number of hydrogen-bond acceptors (Lipinski definition) is 3. The highest BCUT2D eigenvalue weighted by atomic mass is 16.4. The Balaban J connectivity index is 2.63. The minimum atomic E-state index is -0.810. The van der Waals surface area contributed by atoms with E-state index in [-0.39, 0.29) is 6.54 Å². The van der Waals surface area contributed by atoms with E-state index in [2.05, 4.69) is 5.10 Å². The number of likely N-dealkylation sites (N-methyl/N-ethyl adjacent to an activating group) is 1. The Bertz CT molecular complexity index is 346. The highest BCUT2D eigenvalue weighted by Crippen LogP contribution is 2.06. The van der Waals surface area contributed by atoms with Gasteiger partial charge < -0.3 is 5.11 Å². The molecule has 1 aromatic heterocycles. The molecule has 0 amide bonds. The molecular formula is C10H17N3O2. The zero-order valence-corrected chi connectivity index (χ0v) is 9.40. The predicted octanol–water partition coefficient (Wildman–Crippen LogP) is 0.499. The van der Waals surface area contributed by atoms with E-state index in [1.165, 1.54) is 0 Å². The Hall–Kier alpha value is -1.36. The highest BCUT2D eigenvalue weighted by molar-refractivity contribution is 5.68. The second-order valence-electron chi connectivity index (χ2n) is 3.67. The van der Waals surface area contributed by atoms with Crippen LogP contribution in [0.4, 0.5) is 0 Å². The van der Waals surface area contributed by atoms with Crippen molar-refractivity contribution in [3.63, 3.8) is 0 Å². The number of rotatable bonds is 5. The number of nitrogens with zero attached hydrogens (tertiary/aromatic N) is 3. The van der Waals surface area contributed by atoms with E-state index in [0.29, 0.717) is 6.54 Å². The van der Waals surface area contributed by atoms with E-state index < -0.39 is 5.97 Å². The lowest BCUT2D eigenvalue weighted by atomic mass is 10.3. The summed E-state index contributed by atoms with van der Waals surface area (Å²) in [5, 5.41) is 12.9. The lowest BCUT2D eigenvalue weighted by Crippen LogP contribution is -2.26. The Morgan fingerprint density at radius 1 is 1.67 bits per heavy atom. The molecule has 5 nitrogen and oxygen atoms in total. The lowest BCUT2D eigenvalue weighted by molar-refractivity contribution is -0.138. The van der Waals surface area contributed by atoms with E-state index in [1.807, 2.05) is 20.0 Å². The van der Waals surface area contributed by atoms with Crippen LogP contribution in [0, 0.1) is 0 Å². The van der Waals surface area contributed by atoms with Crippen LogP contribution in [0.25, 0.3) is 0 Å². The Labute approximate surface area is 89.3 Å². The lowest BCUT2D eigenvalue weighted by Gasteiger charge is -2.13. The van der Waals surface area contributed by atoms with Gasteiger partial charge in [-0.15, -0.1) is 0 Å². The van der Waals surface area contributed by atoms with Gasteiger partial charge in [-0.05, 0) is 19.5 Å². The predicted molar refractivity (Wildman–Crippen MR) is 56.6 cm³/mol. The molecule has 0 spiro atoms. The van der Waals surface area contributed by atoms with Gasteiger partial charge in [-0.25, -0.2) is 0 Å². The van der Waals surface area contributed by atoms with Gasteiger partial charge in [0.2, 0.25) is 0 Å². The second-order valence-corrected chi connectivity index (χ2v) is 3.67. The monoisotopic (exact) mass is 211 g/mol. The van der Waals surface area contributed by atoms with Crippen LogP contribution >= 0.6 is 0 Å². The molecule has 0 aliphatic rings. The number of aromatic nitrogens is 2. The van der Waals surface area contributed by atoms with Gasteiger partial charge in [0.25, 0.3) is 0 Å². The van der Waals surface area contributed by atoms with Crippen LogP contribution in [0.5, 0.6) is 0 Å². The average molecular weight is 211 g/mol. The normalized spacial score (nSPS) is 10.9. The van der Waals surface area contributed by atoms with Gasteiger partial charge in [0.15, 0.2) is 0 Å². The van der Waals surface area contributed by atoms with Crippen molar-refractivity contribution in [1.82, 2.24) is 14.7 Å². The quantitative estimate of drug-likeness (QED) is 0.770. The van der Waals surface area contributed by atoms with Crippen molar-refractivity contribution >= 4 is 5.97 Å². The molecule has 1 heterocycles. The van der Waals surface area contributed by atoms with Crippen molar-refractivity contribution in [3.8, 4) is 0 Å². The summed E-state index contributed by atoms with van der Waals surface area (Å²) in [5.41, 5.74) is 2.08. The standard InChI is InChI=1S/C10H17N3O2/c1-4-8-5-9(13(3)11-8)6-12(2)7-10(14)15/h5H,4,6-7H2,1-3H3,(H,14,15). The van der Waals surface area contributed by atoms with Crippen molar-refractivity contribution in [2.75, 3.05) is 13.6 Å². The molecule has 1 aromatic rings. The van der Waals surface area contributed by atoms with Crippen LogP contribution in [0.2, 0.25) is 0 Å². The molecule has 0 fully saturated rings. The number of aliphatic carboxylic acids is 1. The molecule has 0 aliphatic carbocycles. The molecule has 0 radical (unpaired) electrons. The third kappa shape index (κ3) is 3.36. The molecule has 0 unspecified atom stereocenters. The van der Waals surface area contributed by atoms with Crippen LogP contribution in [0.15, 0.2) is 6.07 Å². The summed E-state index contributed by atoms with van der Waals surface area (Å²) in [6.07, 6.45) is 0.899. The molecule has 15 heavy (non-hydrogen) atoms. The third-order valence-corrected chi connectivity index (χ3v) is 2.23. The van der Waals surface area contributed by atoms with Gasteiger partial charge in [-0.3, -0.25) is 14.4 Å². The van der Waals surface area contributed by atoms with Crippen molar-refractivity contribution < 1.29 is 9.90 Å². The Morgan fingerprint density at radius 3 is 2.80 bits per heavy atom. The van der Waals surface area contributed by atoms with Crippen molar-refractivity contribution in [1.29, 1.82) is 0 Å². The molecule has 1 rings (SSSR count). The van der Waals surface area contributed by atoms with Crippen molar-refractivity contribution in [2.45, 2.75) is 19.9 Å². The largest absolute Gasteiger partial charge is 0.480 e. The maximum absolute atomic E-state index is 10.5. The zero-order chi connectivity index (χ0) is 11.4. The summed E-state index contributed by atoms with van der Waals surface area (Å²) in [6, 6.07) is 2.01. The van der Waals surface area contributed by atoms with E-state index in [1.54, 1.807) is 16.6 Å². The fourth-order valence-electron chi connectivity index (χ4n) is 1.46. The number of aryl methyl sites for hydroxylation is 2. The van der Waals surface area contributed by atoms with Crippen molar-refractivity contribution in [2.24, 2.45) is 7.05 Å². The van der Waals surface area contributed by atoms with Crippen LogP contribution in [-0.4, -0.2) is 39.3 Å². The highest BCUT2D eigenvalue weighted by Gasteiger charge is 2.09. The summed E-state index contributed by atoms with van der Waals surface area (Å²) in [4.78, 5) is 12.2. The van der Waals surface area contributed by atoms with Gasteiger partial charge in [0, 0.05) is 13.6 Å². The first-order chi connectivity index (χ1) is 7.02. The Kier molecular flexibility index (Phi) is 3.85. The fraction of sp³-hybridized carbons (Fsp3) is 0.600. The van der Waals surface area contributed by atoms with Crippen LogP contribution in [0.3, 0.4) is 0 Å². The molecule has 5 heteroatoms. The van der Waals surface area contributed by atoms with Crippen molar-refractivity contribution in [3.05, 3.63) is 17.5 Å². The summed E-state index contributed by atoms with van der Waals surface area (Å²) in [7, 11) is 3.66. The summed E-state index contributed by atoms with van der Waals surface area (Å²) in [5.74, 6) is -0.810. The number of carboxylic acids is 1. The summed E-state index contributed by atoms with van der Waals surface area (Å²) < 4.78 is 1.80. The molecule has 0 aromatic carbocycles. The van der Waals surface area contributed by atoms with Crippen LogP contribution < -0.4 is 0 Å². The van der Waals surface area contributed by atoms with Gasteiger partial charge in [0.1, 0.15) is 0 Å². The van der Waals surface area contributed by atoms with Crippen LogP contribution in [-0.2, 0) is 24.8 Å². The third-order valence-electron chi connectivity index (χ3n) is 2.23. The SMILES string of the molecule is CCc1cc(CN(C)CC(=O)O)n(C)n1. The van der Waals surface area contributed by atoms with E-state index in [0.717, 1.165) is 17.8 Å². The minimum Gasteiger partial charge on any atom is -0.480 e. The smallest absolute Gasteiger partial charge is 0.317 e. The van der Waals surface area contributed by atoms with Gasteiger partial charge in [-0.2, -0.15) is 5.10 Å². The number of carbonyl (C=O) groups is 1. The second kappa shape index (κ2) is 4.93. The molecule has 0 atom stereocenters. The maximum atomic E-state index is 10.5. The molecule has 1 N–H and O–H groups in total. The first-order valence-corrected chi connectivity index (χ1v) is 4.95. The topological polar surface area (TPSA) is 58.4 Å². The van der Waals surface area contributed by atoms with Gasteiger partial charge in [-0.1, -0.05) is 6.92 Å². The molecule has 0 bridgehead atoms. The summed E-state index contributed by atoms with van der Waals surface area (Å²) in [6.45, 7) is 2.70. The molecule has 0 aliphatic heterocycles. The molecule has 0 saturated heterocycles. The molecule has 0 saturated carbocycles. The van der Waals surface area contributed by atoms with Gasteiger partial charge in [0.05, 0.1) is 17.9 Å². The zero-order valence-electron chi connectivity index (χ0n) is 9.40. The van der Waals surface area contributed by atoms with E-state index >= 15 is 0 Å². The fourth-order valence-corrected chi connectivity index (χ4v) is 1.46. The summed E-state index contributed by atoms with van der Waals surface area (Å²) >= 11 is 0. The maximum Gasteiger partial charge on any atom is 0.317 e. The van der Waals surface area contributed by atoms with Crippen LogP contribution in [0.1, 0.15) is 18.3 Å². The average Bonchev–Trinajstić information content (AvgIpc) is 2.46. The first kappa shape index (κ1) is 11.7. The first-order valence-electron chi connectivity index (χ1n) is 4.95. The van der Waals surface area contributed by atoms with E-state index in [4.69, 9.17) is 5.11 Å². The number of carboxylic acid groups (broad SMARTS) is 1.